The minimum Gasteiger partial charge on any atom is -0.371 e. The summed E-state index contributed by atoms with van der Waals surface area (Å²) in [6.45, 7) is -0.434. The summed E-state index contributed by atoms with van der Waals surface area (Å²) in [7, 11) is -10.4. The summed E-state index contributed by atoms with van der Waals surface area (Å²) in [6, 6.07) is 23.2. The Hall–Kier alpha value is -4.94. The lowest BCUT2D eigenvalue weighted by Gasteiger charge is -2.41. The van der Waals surface area contributed by atoms with Crippen molar-refractivity contribution in [1.82, 2.24) is 0 Å². The lowest BCUT2D eigenvalue weighted by Crippen LogP contribution is -2.52. The Balaban J connectivity index is 1.59. The molecule has 0 aliphatic rings. The number of halogens is 8. The maximum absolute atomic E-state index is 15.5. The highest BCUT2D eigenvalue weighted by Gasteiger charge is 2.51. The van der Waals surface area contributed by atoms with E-state index in [0.29, 0.717) is 83.9 Å². The topological polar surface area (TPSA) is 71.1 Å². The zero-order chi connectivity index (χ0) is 41.7. The first kappa shape index (κ1) is 42.7. The molecular formula is C42H32F8O6P2. The fourth-order valence-electron chi connectivity index (χ4n) is 5.95. The van der Waals surface area contributed by atoms with Gasteiger partial charge in [0.1, 0.15) is 59.2 Å². The van der Waals surface area contributed by atoms with E-state index in [4.69, 9.17) is 18.5 Å². The van der Waals surface area contributed by atoms with E-state index < -0.39 is 108 Å². The van der Waals surface area contributed by atoms with Crippen molar-refractivity contribution in [3.63, 3.8) is 0 Å². The van der Waals surface area contributed by atoms with Crippen LogP contribution in [0.3, 0.4) is 0 Å². The molecule has 58 heavy (non-hydrogen) atoms. The van der Waals surface area contributed by atoms with E-state index in [0.717, 1.165) is 6.92 Å². The fraction of sp³-hybridized carbons (Fsp3) is 0.143. The molecule has 0 fully saturated rings. The Bertz CT molecular complexity index is 2300. The second kappa shape index (κ2) is 17.9. The van der Waals surface area contributed by atoms with Gasteiger partial charge in [0.2, 0.25) is 5.79 Å². The summed E-state index contributed by atoms with van der Waals surface area (Å²) >= 11 is 0. The maximum Gasteiger partial charge on any atom is 0.264 e. The Kier molecular flexibility index (Phi) is 13.2. The SMILES string of the molecule is C[C@@H](OP(=O)(c1cc(F)cc(F)c1)c1cc(F)cc(F)c1)[C@](COCc1ccccc1)(OCc1ccccc1)OP(=O)(c1cc(F)cc(F)c1)c1cc(F)cc(F)c1. The molecule has 6 nitrogen and oxygen atoms in total. The molecule has 6 rings (SSSR count). The molecule has 2 atom stereocenters. The van der Waals surface area contributed by atoms with Crippen molar-refractivity contribution >= 4 is 36.0 Å². The van der Waals surface area contributed by atoms with Gasteiger partial charge in [-0.2, -0.15) is 0 Å². The van der Waals surface area contributed by atoms with E-state index in [-0.39, 0.29) is 6.61 Å². The van der Waals surface area contributed by atoms with Gasteiger partial charge in [-0.3, -0.25) is 13.7 Å². The Labute approximate surface area is 327 Å². The van der Waals surface area contributed by atoms with Crippen molar-refractivity contribution in [3.05, 3.63) is 191 Å². The number of hydrogen-bond donors (Lipinski definition) is 0. The predicted octanol–water partition coefficient (Wildman–Crippen LogP) is 9.51. The van der Waals surface area contributed by atoms with Gasteiger partial charge < -0.3 is 14.0 Å². The highest BCUT2D eigenvalue weighted by Crippen LogP contribution is 2.54. The van der Waals surface area contributed by atoms with Gasteiger partial charge in [0.05, 0.1) is 13.2 Å². The molecule has 0 amide bonds. The molecule has 0 spiro atoms. The molecule has 0 bridgehead atoms. The number of benzene rings is 6. The molecule has 0 unspecified atom stereocenters. The summed E-state index contributed by atoms with van der Waals surface area (Å²) in [4.78, 5) is 0. The molecule has 0 heterocycles. The zero-order valence-corrected chi connectivity index (χ0v) is 32.1. The largest absolute Gasteiger partial charge is 0.371 e. The van der Waals surface area contributed by atoms with E-state index >= 15 is 9.13 Å². The van der Waals surface area contributed by atoms with Gasteiger partial charge in [-0.15, -0.1) is 0 Å². The van der Waals surface area contributed by atoms with Crippen LogP contribution < -0.4 is 21.2 Å². The van der Waals surface area contributed by atoms with E-state index in [1.54, 1.807) is 60.7 Å². The smallest absolute Gasteiger partial charge is 0.264 e. The number of rotatable bonds is 16. The predicted molar refractivity (Wildman–Crippen MR) is 201 cm³/mol. The summed E-state index contributed by atoms with van der Waals surface area (Å²) in [6.07, 6.45) is -1.97. The zero-order valence-electron chi connectivity index (χ0n) is 30.3. The molecule has 0 aliphatic heterocycles. The molecule has 0 saturated heterocycles. The van der Waals surface area contributed by atoms with Crippen LogP contribution in [0.25, 0.3) is 0 Å². The van der Waals surface area contributed by atoms with Crippen LogP contribution in [0.4, 0.5) is 35.1 Å². The van der Waals surface area contributed by atoms with Crippen LogP contribution in [0.5, 0.6) is 0 Å². The van der Waals surface area contributed by atoms with Crippen LogP contribution >= 0.6 is 14.7 Å². The van der Waals surface area contributed by atoms with E-state index in [9.17, 15) is 35.1 Å². The highest BCUT2D eigenvalue weighted by atomic mass is 31.2. The molecule has 0 N–H and O–H groups in total. The first-order valence-electron chi connectivity index (χ1n) is 17.3. The quantitative estimate of drug-likeness (QED) is 0.0550. The Morgan fingerprint density at radius 1 is 0.483 bits per heavy atom. The maximum atomic E-state index is 15.5. The van der Waals surface area contributed by atoms with Gasteiger partial charge in [-0.25, -0.2) is 35.1 Å². The van der Waals surface area contributed by atoms with Gasteiger partial charge in [0, 0.05) is 45.5 Å². The van der Waals surface area contributed by atoms with Crippen molar-refractivity contribution in [2.24, 2.45) is 0 Å². The van der Waals surface area contributed by atoms with Gasteiger partial charge in [0.15, 0.2) is 0 Å². The molecule has 302 valence electrons. The third kappa shape index (κ3) is 10.0. The average Bonchev–Trinajstić information content (AvgIpc) is 3.16. The monoisotopic (exact) mass is 846 g/mol. The molecule has 6 aromatic rings. The van der Waals surface area contributed by atoms with Crippen LogP contribution in [0.1, 0.15) is 18.1 Å². The van der Waals surface area contributed by atoms with Crippen molar-refractivity contribution in [1.29, 1.82) is 0 Å². The molecule has 0 saturated carbocycles. The molecule has 0 aliphatic carbocycles. The number of hydrogen-bond acceptors (Lipinski definition) is 6. The van der Waals surface area contributed by atoms with E-state index in [2.05, 4.69) is 0 Å². The lowest BCUT2D eigenvalue weighted by atomic mass is 10.1. The van der Waals surface area contributed by atoms with Crippen LogP contribution in [0, 0.1) is 46.5 Å². The number of ether oxygens (including phenoxy) is 2. The minimum absolute atomic E-state index is 0.220. The average molecular weight is 847 g/mol. The normalized spacial score (nSPS) is 13.6. The molecule has 6 aromatic carbocycles. The Morgan fingerprint density at radius 3 is 1.17 bits per heavy atom. The molecule has 0 aromatic heterocycles. The van der Waals surface area contributed by atoms with Crippen molar-refractivity contribution in [3.8, 4) is 0 Å². The fourth-order valence-corrected chi connectivity index (χ4v) is 10.6. The summed E-state index contributed by atoms with van der Waals surface area (Å²) in [5.74, 6) is -12.8. The highest BCUT2D eigenvalue weighted by molar-refractivity contribution is 7.74. The summed E-state index contributed by atoms with van der Waals surface area (Å²) in [5, 5.41) is -2.99. The second-order valence-corrected chi connectivity index (χ2v) is 17.7. The molecular weight excluding hydrogens is 814 g/mol. The van der Waals surface area contributed by atoms with Gasteiger partial charge in [-0.1, -0.05) is 60.7 Å². The lowest BCUT2D eigenvalue weighted by molar-refractivity contribution is -0.258. The van der Waals surface area contributed by atoms with Crippen molar-refractivity contribution in [2.75, 3.05) is 6.61 Å². The van der Waals surface area contributed by atoms with Crippen molar-refractivity contribution < 1.29 is 62.8 Å². The third-order valence-electron chi connectivity index (χ3n) is 8.70. The van der Waals surface area contributed by atoms with Crippen LogP contribution in [-0.4, -0.2) is 18.5 Å². The standard InChI is InChI=1S/C42H32F8O6P2/c1-27(55-57(51,38-16-30(43)12-31(44)17-38)39-18-32(45)13-33(46)19-39)42(54-25-29-10-6-3-7-11-29,26-53-24-28-8-4-2-5-9-28)56-58(52,40-20-34(47)14-35(48)21-40)41-22-36(49)15-37(50)23-41/h2-23,27H,24-26H2,1H3/t27-,42-/m1/s1. The van der Waals surface area contributed by atoms with Crippen LogP contribution in [0.15, 0.2) is 133 Å². The summed E-state index contributed by atoms with van der Waals surface area (Å²) in [5.41, 5.74) is 1.00. The second-order valence-electron chi connectivity index (χ2n) is 13.0. The first-order chi connectivity index (χ1) is 27.6. The summed E-state index contributed by atoms with van der Waals surface area (Å²) < 4.78 is 174. The van der Waals surface area contributed by atoms with E-state index in [1.807, 2.05) is 0 Å². The first-order valence-corrected chi connectivity index (χ1v) is 20.6. The van der Waals surface area contributed by atoms with Gasteiger partial charge >= 0.3 is 0 Å². The van der Waals surface area contributed by atoms with E-state index in [1.165, 1.54) is 0 Å². The Morgan fingerprint density at radius 2 is 0.810 bits per heavy atom. The molecule has 16 heteroatoms. The minimum atomic E-state index is -5.26. The van der Waals surface area contributed by atoms with Gasteiger partial charge in [0.25, 0.3) is 14.7 Å². The third-order valence-corrected chi connectivity index (χ3v) is 13.6. The molecule has 0 radical (unpaired) electrons. The van der Waals surface area contributed by atoms with Crippen LogP contribution in [0.2, 0.25) is 0 Å². The van der Waals surface area contributed by atoms with Gasteiger partial charge in [-0.05, 0) is 66.6 Å². The van der Waals surface area contributed by atoms with Crippen LogP contribution in [-0.2, 0) is 40.9 Å². The van der Waals surface area contributed by atoms with Crippen molar-refractivity contribution in [2.45, 2.75) is 32.0 Å².